The van der Waals surface area contributed by atoms with Gasteiger partial charge in [0.15, 0.2) is 0 Å². The number of nitrogens with one attached hydrogen (secondary N) is 1. The second kappa shape index (κ2) is 4.45. The van der Waals surface area contributed by atoms with Crippen LogP contribution in [0.2, 0.25) is 0 Å². The zero-order chi connectivity index (χ0) is 11.7. The highest BCUT2D eigenvalue weighted by atomic mass is 14.9. The number of piperidine rings is 1. The van der Waals surface area contributed by atoms with Crippen LogP contribution < -0.4 is 5.32 Å². The minimum Gasteiger partial charge on any atom is -0.316 e. The van der Waals surface area contributed by atoms with Crippen LogP contribution in [0.15, 0.2) is 24.3 Å². The normalized spacial score (nSPS) is 27.5. The minimum atomic E-state index is 0.626. The number of rotatable bonds is 1. The molecule has 92 valence electrons. The molecular weight excluding hydrogens is 206 g/mol. The van der Waals surface area contributed by atoms with Crippen molar-refractivity contribution in [3.05, 3.63) is 35.4 Å². The van der Waals surface area contributed by atoms with Gasteiger partial charge in [-0.15, -0.1) is 0 Å². The molecule has 1 saturated carbocycles. The van der Waals surface area contributed by atoms with Gasteiger partial charge in [-0.25, -0.2) is 0 Å². The van der Waals surface area contributed by atoms with Crippen LogP contribution in [0.3, 0.4) is 0 Å². The number of aryl methyl sites for hydroxylation is 1. The van der Waals surface area contributed by atoms with E-state index in [1.54, 1.807) is 5.56 Å². The van der Waals surface area contributed by atoms with Crippen molar-refractivity contribution in [3.8, 4) is 0 Å². The van der Waals surface area contributed by atoms with Gasteiger partial charge in [0, 0.05) is 12.5 Å². The van der Waals surface area contributed by atoms with Crippen molar-refractivity contribution in [2.24, 2.45) is 5.41 Å². The summed E-state index contributed by atoms with van der Waals surface area (Å²) in [5.41, 5.74) is 3.56. The van der Waals surface area contributed by atoms with Crippen molar-refractivity contribution < 1.29 is 0 Å². The van der Waals surface area contributed by atoms with Gasteiger partial charge in [-0.05, 0) is 43.7 Å². The Morgan fingerprint density at radius 2 is 1.76 bits per heavy atom. The van der Waals surface area contributed by atoms with E-state index in [0.29, 0.717) is 5.41 Å². The van der Waals surface area contributed by atoms with Crippen molar-refractivity contribution in [2.45, 2.75) is 44.9 Å². The summed E-state index contributed by atoms with van der Waals surface area (Å²) in [7, 11) is 0. The van der Waals surface area contributed by atoms with E-state index in [2.05, 4.69) is 36.5 Å². The molecule has 2 aliphatic rings. The SMILES string of the molecule is Cc1ccc(C2CNCCC23CCCC3)cc1. The standard InChI is InChI=1S/C16H23N/c1-13-4-6-14(7-5-13)15-12-17-11-10-16(15)8-2-3-9-16/h4-7,15,17H,2-3,8-12H2,1H3. The lowest BCUT2D eigenvalue weighted by atomic mass is 9.67. The van der Waals surface area contributed by atoms with Gasteiger partial charge >= 0.3 is 0 Å². The Hall–Kier alpha value is -0.820. The molecule has 0 aromatic heterocycles. The smallest absolute Gasteiger partial charge is 0.00255 e. The first-order valence-electron chi connectivity index (χ1n) is 7.07. The van der Waals surface area contributed by atoms with E-state index in [4.69, 9.17) is 0 Å². The lowest BCUT2D eigenvalue weighted by Gasteiger charge is -2.42. The predicted molar refractivity (Wildman–Crippen MR) is 72.3 cm³/mol. The Bertz CT molecular complexity index is 373. The van der Waals surface area contributed by atoms with E-state index >= 15 is 0 Å². The van der Waals surface area contributed by atoms with E-state index in [1.807, 2.05) is 0 Å². The van der Waals surface area contributed by atoms with E-state index in [9.17, 15) is 0 Å². The quantitative estimate of drug-likeness (QED) is 0.775. The molecule has 0 radical (unpaired) electrons. The van der Waals surface area contributed by atoms with Gasteiger partial charge in [0.1, 0.15) is 0 Å². The van der Waals surface area contributed by atoms with Crippen LogP contribution in [0.4, 0.5) is 0 Å². The van der Waals surface area contributed by atoms with Crippen molar-refractivity contribution >= 4 is 0 Å². The highest BCUT2D eigenvalue weighted by Crippen LogP contribution is 2.52. The maximum Gasteiger partial charge on any atom is 0.00255 e. The minimum absolute atomic E-state index is 0.626. The molecule has 1 nitrogen and oxygen atoms in total. The highest BCUT2D eigenvalue weighted by Gasteiger charge is 2.43. The molecule has 17 heavy (non-hydrogen) atoms. The Morgan fingerprint density at radius 1 is 1.06 bits per heavy atom. The van der Waals surface area contributed by atoms with Crippen LogP contribution >= 0.6 is 0 Å². The summed E-state index contributed by atoms with van der Waals surface area (Å²) in [6.07, 6.45) is 7.18. The van der Waals surface area contributed by atoms with E-state index in [0.717, 1.165) is 5.92 Å². The van der Waals surface area contributed by atoms with Crippen LogP contribution in [0.25, 0.3) is 0 Å². The Labute approximate surface area is 105 Å². The molecule has 1 N–H and O–H groups in total. The highest BCUT2D eigenvalue weighted by molar-refractivity contribution is 5.27. The van der Waals surface area contributed by atoms with Gasteiger partial charge in [0.05, 0.1) is 0 Å². The van der Waals surface area contributed by atoms with Gasteiger partial charge in [0.2, 0.25) is 0 Å². The Kier molecular flexibility index (Phi) is 2.96. The van der Waals surface area contributed by atoms with Gasteiger partial charge in [-0.3, -0.25) is 0 Å². The summed E-state index contributed by atoms with van der Waals surface area (Å²) >= 11 is 0. The molecular formula is C16H23N. The molecule has 1 aromatic carbocycles. The van der Waals surface area contributed by atoms with Crippen LogP contribution in [-0.2, 0) is 0 Å². The molecule has 1 atom stereocenters. The fourth-order valence-electron chi connectivity index (χ4n) is 3.92. The molecule has 0 amide bonds. The molecule has 1 spiro atoms. The first-order chi connectivity index (χ1) is 8.30. The fraction of sp³-hybridized carbons (Fsp3) is 0.625. The monoisotopic (exact) mass is 229 g/mol. The first-order valence-corrected chi connectivity index (χ1v) is 7.07. The maximum atomic E-state index is 3.60. The third-order valence-corrected chi connectivity index (χ3v) is 4.97. The van der Waals surface area contributed by atoms with Gasteiger partial charge in [-0.1, -0.05) is 42.7 Å². The molecule has 0 bridgehead atoms. The van der Waals surface area contributed by atoms with Crippen molar-refractivity contribution in [1.29, 1.82) is 0 Å². The van der Waals surface area contributed by atoms with Crippen molar-refractivity contribution in [3.63, 3.8) is 0 Å². The third kappa shape index (κ3) is 2.01. The van der Waals surface area contributed by atoms with Crippen LogP contribution in [0.5, 0.6) is 0 Å². The number of hydrogen-bond acceptors (Lipinski definition) is 1. The van der Waals surface area contributed by atoms with E-state index in [1.165, 1.54) is 50.8 Å². The van der Waals surface area contributed by atoms with Crippen LogP contribution in [0, 0.1) is 12.3 Å². The molecule has 1 aromatic rings. The lowest BCUT2D eigenvalue weighted by Crippen LogP contribution is -2.42. The van der Waals surface area contributed by atoms with Crippen LogP contribution in [-0.4, -0.2) is 13.1 Å². The van der Waals surface area contributed by atoms with E-state index in [-0.39, 0.29) is 0 Å². The Balaban J connectivity index is 1.91. The van der Waals surface area contributed by atoms with E-state index < -0.39 is 0 Å². The van der Waals surface area contributed by atoms with Crippen molar-refractivity contribution in [1.82, 2.24) is 5.32 Å². The summed E-state index contributed by atoms with van der Waals surface area (Å²) < 4.78 is 0. The predicted octanol–water partition coefficient (Wildman–Crippen LogP) is 3.63. The van der Waals surface area contributed by atoms with Gasteiger partial charge < -0.3 is 5.32 Å². The second-order valence-corrected chi connectivity index (χ2v) is 5.99. The summed E-state index contributed by atoms with van der Waals surface area (Å²) in [6.45, 7) is 4.58. The largest absolute Gasteiger partial charge is 0.316 e. The molecule has 1 heteroatoms. The molecule has 1 saturated heterocycles. The summed E-state index contributed by atoms with van der Waals surface area (Å²) in [5, 5.41) is 3.60. The van der Waals surface area contributed by atoms with Gasteiger partial charge in [-0.2, -0.15) is 0 Å². The topological polar surface area (TPSA) is 12.0 Å². The molecule has 3 rings (SSSR count). The summed E-state index contributed by atoms with van der Waals surface area (Å²) in [5.74, 6) is 0.749. The number of benzene rings is 1. The molecule has 1 aliphatic heterocycles. The first kappa shape index (κ1) is 11.3. The maximum absolute atomic E-state index is 3.60. The summed E-state index contributed by atoms with van der Waals surface area (Å²) in [6, 6.07) is 9.25. The molecule has 2 fully saturated rings. The Morgan fingerprint density at radius 3 is 2.47 bits per heavy atom. The summed E-state index contributed by atoms with van der Waals surface area (Å²) in [4.78, 5) is 0. The average molecular weight is 229 g/mol. The third-order valence-electron chi connectivity index (χ3n) is 4.97. The zero-order valence-corrected chi connectivity index (χ0v) is 10.8. The molecule has 1 aliphatic carbocycles. The average Bonchev–Trinajstić information content (AvgIpc) is 2.80. The second-order valence-electron chi connectivity index (χ2n) is 5.99. The van der Waals surface area contributed by atoms with Crippen molar-refractivity contribution in [2.75, 3.05) is 13.1 Å². The zero-order valence-electron chi connectivity index (χ0n) is 10.8. The molecule has 1 unspecified atom stereocenters. The fourth-order valence-corrected chi connectivity index (χ4v) is 3.92. The number of hydrogen-bond donors (Lipinski definition) is 1. The van der Waals surface area contributed by atoms with Gasteiger partial charge in [0.25, 0.3) is 0 Å². The lowest BCUT2D eigenvalue weighted by molar-refractivity contribution is 0.170. The molecule has 1 heterocycles. The van der Waals surface area contributed by atoms with Crippen LogP contribution in [0.1, 0.15) is 49.1 Å².